The zero-order chi connectivity index (χ0) is 21.2. The van der Waals surface area contributed by atoms with Crippen LogP contribution in [0.3, 0.4) is 0 Å². The fraction of sp³-hybridized carbons (Fsp3) is 0.208. The van der Waals surface area contributed by atoms with Crippen molar-refractivity contribution in [3.63, 3.8) is 0 Å². The van der Waals surface area contributed by atoms with Gasteiger partial charge in [-0.25, -0.2) is 9.97 Å². The largest absolute Gasteiger partial charge is 0.353 e. The van der Waals surface area contributed by atoms with Gasteiger partial charge in [-0.2, -0.15) is 0 Å². The van der Waals surface area contributed by atoms with E-state index in [9.17, 15) is 4.79 Å². The second-order valence-electron chi connectivity index (χ2n) is 7.64. The molecule has 156 valence electrons. The first-order valence-electron chi connectivity index (χ1n) is 10.4. The van der Waals surface area contributed by atoms with Crippen molar-refractivity contribution in [3.8, 4) is 11.5 Å². The number of carbonyl (C=O) groups excluding carboxylic acids is 1. The van der Waals surface area contributed by atoms with Crippen LogP contribution in [0.25, 0.3) is 11.5 Å². The molecule has 4 aromatic rings. The first kappa shape index (κ1) is 19.1. The molecule has 0 bridgehead atoms. The quantitative estimate of drug-likeness (QED) is 0.516. The van der Waals surface area contributed by atoms with Gasteiger partial charge in [-0.3, -0.25) is 4.79 Å². The number of hydrogen-bond donors (Lipinski definition) is 0. The van der Waals surface area contributed by atoms with Crippen molar-refractivity contribution in [2.45, 2.75) is 6.92 Å². The SMILES string of the molecule is Cc1nc(N2CCN(C(=O)c3ccc(-n4cccc4)cc3)CC2)cc(-n2cccc2)n1. The van der Waals surface area contributed by atoms with Gasteiger partial charge in [-0.1, -0.05) is 0 Å². The van der Waals surface area contributed by atoms with E-state index < -0.39 is 0 Å². The van der Waals surface area contributed by atoms with Crippen LogP contribution in [0.1, 0.15) is 16.2 Å². The number of aromatic nitrogens is 4. The number of carbonyl (C=O) groups is 1. The maximum absolute atomic E-state index is 13.0. The van der Waals surface area contributed by atoms with Crippen molar-refractivity contribution in [2.75, 3.05) is 31.1 Å². The Labute approximate surface area is 181 Å². The van der Waals surface area contributed by atoms with Crippen molar-refractivity contribution in [3.05, 3.63) is 90.8 Å². The zero-order valence-electron chi connectivity index (χ0n) is 17.4. The fourth-order valence-corrected chi connectivity index (χ4v) is 3.92. The van der Waals surface area contributed by atoms with Gasteiger partial charge in [0.15, 0.2) is 0 Å². The van der Waals surface area contributed by atoms with E-state index in [1.807, 2.05) is 100 Å². The average Bonchev–Trinajstić information content (AvgIpc) is 3.53. The Hall–Kier alpha value is -3.87. The number of hydrogen-bond acceptors (Lipinski definition) is 4. The van der Waals surface area contributed by atoms with Gasteiger partial charge in [0, 0.05) is 68.3 Å². The Bertz CT molecular complexity index is 1160. The van der Waals surface area contributed by atoms with Crippen molar-refractivity contribution in [1.29, 1.82) is 0 Å². The van der Waals surface area contributed by atoms with E-state index >= 15 is 0 Å². The van der Waals surface area contributed by atoms with E-state index in [4.69, 9.17) is 0 Å². The average molecular weight is 412 g/mol. The standard InChI is InChI=1S/C24H24N6O/c1-19-25-22(28-12-4-5-13-28)18-23(26-19)29-14-16-30(17-15-29)24(31)20-6-8-21(9-7-20)27-10-2-3-11-27/h2-13,18H,14-17H2,1H3. The van der Waals surface area contributed by atoms with E-state index in [1.54, 1.807) is 0 Å². The highest BCUT2D eigenvalue weighted by Gasteiger charge is 2.23. The predicted octanol–water partition coefficient (Wildman–Crippen LogP) is 3.33. The molecule has 0 N–H and O–H groups in total. The summed E-state index contributed by atoms with van der Waals surface area (Å²) in [6.45, 7) is 4.73. The number of anilines is 1. The number of aryl methyl sites for hydroxylation is 1. The molecule has 1 aromatic carbocycles. The monoisotopic (exact) mass is 412 g/mol. The Morgan fingerprint density at radius 2 is 1.35 bits per heavy atom. The molecule has 1 fully saturated rings. The Kier molecular flexibility index (Phi) is 5.00. The molecule has 0 radical (unpaired) electrons. The number of amides is 1. The topological polar surface area (TPSA) is 59.2 Å². The van der Waals surface area contributed by atoms with E-state index in [0.717, 1.165) is 41.8 Å². The summed E-state index contributed by atoms with van der Waals surface area (Å²) in [5, 5.41) is 0. The minimum Gasteiger partial charge on any atom is -0.353 e. The summed E-state index contributed by atoms with van der Waals surface area (Å²) >= 11 is 0. The number of rotatable bonds is 4. The highest BCUT2D eigenvalue weighted by atomic mass is 16.2. The summed E-state index contributed by atoms with van der Waals surface area (Å²) in [6.07, 6.45) is 7.94. The van der Waals surface area contributed by atoms with Crippen molar-refractivity contribution in [1.82, 2.24) is 24.0 Å². The van der Waals surface area contributed by atoms with Crippen molar-refractivity contribution < 1.29 is 4.79 Å². The smallest absolute Gasteiger partial charge is 0.253 e. The van der Waals surface area contributed by atoms with E-state index in [0.29, 0.717) is 13.1 Å². The van der Waals surface area contributed by atoms with Crippen LogP contribution in [0.15, 0.2) is 79.4 Å². The molecule has 1 amide bonds. The number of nitrogens with zero attached hydrogens (tertiary/aromatic N) is 6. The van der Waals surface area contributed by atoms with Gasteiger partial charge in [0.25, 0.3) is 5.91 Å². The van der Waals surface area contributed by atoms with Gasteiger partial charge in [-0.05, 0) is 55.5 Å². The zero-order valence-corrected chi connectivity index (χ0v) is 17.4. The molecule has 7 heteroatoms. The summed E-state index contributed by atoms with van der Waals surface area (Å²) in [4.78, 5) is 26.3. The molecule has 0 atom stereocenters. The van der Waals surface area contributed by atoms with Gasteiger partial charge < -0.3 is 18.9 Å². The lowest BCUT2D eigenvalue weighted by Gasteiger charge is -2.35. The molecular weight excluding hydrogens is 388 g/mol. The molecular formula is C24H24N6O. The minimum absolute atomic E-state index is 0.0746. The van der Waals surface area contributed by atoms with Crippen LogP contribution in [-0.4, -0.2) is 56.1 Å². The van der Waals surface area contributed by atoms with Crippen LogP contribution in [0.4, 0.5) is 5.82 Å². The maximum atomic E-state index is 13.0. The molecule has 0 aliphatic carbocycles. The Morgan fingerprint density at radius 3 is 2.00 bits per heavy atom. The van der Waals surface area contributed by atoms with Gasteiger partial charge in [0.1, 0.15) is 17.5 Å². The van der Waals surface area contributed by atoms with Crippen LogP contribution in [0.2, 0.25) is 0 Å². The summed E-state index contributed by atoms with van der Waals surface area (Å²) in [6, 6.07) is 17.7. The second-order valence-corrected chi connectivity index (χ2v) is 7.64. The second kappa shape index (κ2) is 8.10. The maximum Gasteiger partial charge on any atom is 0.253 e. The number of piperazine rings is 1. The minimum atomic E-state index is 0.0746. The molecule has 4 heterocycles. The summed E-state index contributed by atoms with van der Waals surface area (Å²) < 4.78 is 4.01. The summed E-state index contributed by atoms with van der Waals surface area (Å²) in [5.74, 6) is 2.57. The van der Waals surface area contributed by atoms with Gasteiger partial charge >= 0.3 is 0 Å². The van der Waals surface area contributed by atoms with E-state index in [1.165, 1.54) is 0 Å². The third-order valence-corrected chi connectivity index (χ3v) is 5.59. The van der Waals surface area contributed by atoms with E-state index in [-0.39, 0.29) is 5.91 Å². The molecule has 1 aliphatic heterocycles. The molecule has 7 nitrogen and oxygen atoms in total. The van der Waals surface area contributed by atoms with Gasteiger partial charge in [0.2, 0.25) is 0 Å². The molecule has 3 aromatic heterocycles. The van der Waals surface area contributed by atoms with Crippen LogP contribution in [-0.2, 0) is 0 Å². The van der Waals surface area contributed by atoms with Crippen LogP contribution < -0.4 is 4.90 Å². The highest BCUT2D eigenvalue weighted by molar-refractivity contribution is 5.94. The van der Waals surface area contributed by atoms with Crippen molar-refractivity contribution in [2.24, 2.45) is 0 Å². The summed E-state index contributed by atoms with van der Waals surface area (Å²) in [5.41, 5.74) is 1.76. The molecule has 1 aliphatic rings. The van der Waals surface area contributed by atoms with Gasteiger partial charge in [0.05, 0.1) is 0 Å². The highest BCUT2D eigenvalue weighted by Crippen LogP contribution is 2.19. The molecule has 0 spiro atoms. The molecule has 1 saturated heterocycles. The lowest BCUT2D eigenvalue weighted by atomic mass is 10.1. The molecule has 0 unspecified atom stereocenters. The summed E-state index contributed by atoms with van der Waals surface area (Å²) in [7, 11) is 0. The van der Waals surface area contributed by atoms with Crippen molar-refractivity contribution >= 4 is 11.7 Å². The molecule has 31 heavy (non-hydrogen) atoms. The van der Waals surface area contributed by atoms with Crippen LogP contribution >= 0.6 is 0 Å². The lowest BCUT2D eigenvalue weighted by Crippen LogP contribution is -2.49. The van der Waals surface area contributed by atoms with Gasteiger partial charge in [-0.15, -0.1) is 0 Å². The fourth-order valence-electron chi connectivity index (χ4n) is 3.92. The number of benzene rings is 1. The Morgan fingerprint density at radius 1 is 0.774 bits per heavy atom. The Balaban J connectivity index is 1.26. The molecule has 0 saturated carbocycles. The normalized spacial score (nSPS) is 14.1. The third-order valence-electron chi connectivity index (χ3n) is 5.59. The van der Waals surface area contributed by atoms with Crippen LogP contribution in [0.5, 0.6) is 0 Å². The first-order chi connectivity index (χ1) is 15.2. The molecule has 5 rings (SSSR count). The first-order valence-corrected chi connectivity index (χ1v) is 10.4. The van der Waals surface area contributed by atoms with Crippen LogP contribution in [0, 0.1) is 6.92 Å². The van der Waals surface area contributed by atoms with E-state index in [2.05, 4.69) is 14.9 Å². The third kappa shape index (κ3) is 3.94. The predicted molar refractivity (Wildman–Crippen MR) is 120 cm³/mol. The lowest BCUT2D eigenvalue weighted by molar-refractivity contribution is 0.0746.